The van der Waals surface area contributed by atoms with Gasteiger partial charge in [-0.2, -0.15) is 5.10 Å². The predicted molar refractivity (Wildman–Crippen MR) is 110 cm³/mol. The van der Waals surface area contributed by atoms with E-state index in [1.807, 2.05) is 24.3 Å². The van der Waals surface area contributed by atoms with Gasteiger partial charge in [0, 0.05) is 52.4 Å². The third-order valence-electron chi connectivity index (χ3n) is 4.65. The molecule has 1 N–H and O–H groups in total. The van der Waals surface area contributed by atoms with Gasteiger partial charge in [0.1, 0.15) is 5.75 Å². The van der Waals surface area contributed by atoms with Crippen LogP contribution in [0.15, 0.2) is 42.5 Å². The Bertz CT molecular complexity index is 1020. The molecule has 0 unspecified atom stereocenters. The zero-order chi connectivity index (χ0) is 19.7. The second-order valence-electron chi connectivity index (χ2n) is 6.46. The van der Waals surface area contributed by atoms with Crippen LogP contribution in [-0.2, 0) is 17.8 Å². The van der Waals surface area contributed by atoms with Crippen molar-refractivity contribution in [3.63, 3.8) is 0 Å². The fraction of sp³-hybridized carbons (Fsp3) is 0.200. The lowest BCUT2D eigenvalue weighted by Gasteiger charge is -2.27. The van der Waals surface area contributed by atoms with Crippen LogP contribution in [-0.4, -0.2) is 34.2 Å². The molecule has 3 aromatic rings. The van der Waals surface area contributed by atoms with Gasteiger partial charge in [-0.3, -0.25) is 9.89 Å². The minimum absolute atomic E-state index is 0.108. The molecule has 1 aromatic heterocycles. The van der Waals surface area contributed by atoms with Crippen LogP contribution >= 0.6 is 34.8 Å². The number of fused-ring (bicyclic) bond motifs is 1. The van der Waals surface area contributed by atoms with Crippen LogP contribution in [0.2, 0.25) is 15.1 Å². The number of nitrogens with one attached hydrogen (secondary N) is 1. The van der Waals surface area contributed by atoms with Crippen LogP contribution in [0.4, 0.5) is 0 Å². The van der Waals surface area contributed by atoms with Gasteiger partial charge in [-0.1, -0.05) is 46.9 Å². The molecular weight excluding hydrogens is 421 g/mol. The maximum atomic E-state index is 12.7. The van der Waals surface area contributed by atoms with Gasteiger partial charge < -0.3 is 9.64 Å². The van der Waals surface area contributed by atoms with E-state index >= 15 is 0 Å². The number of aromatic amines is 1. The number of hydrogen-bond acceptors (Lipinski definition) is 3. The summed E-state index contributed by atoms with van der Waals surface area (Å²) in [5, 5.41) is 9.11. The molecule has 0 saturated heterocycles. The minimum atomic E-state index is -0.120. The van der Waals surface area contributed by atoms with Crippen LogP contribution in [0.25, 0.3) is 11.3 Å². The average molecular weight is 437 g/mol. The fourth-order valence-electron chi connectivity index (χ4n) is 3.17. The van der Waals surface area contributed by atoms with Gasteiger partial charge in [0.25, 0.3) is 5.91 Å². The third kappa shape index (κ3) is 3.97. The van der Waals surface area contributed by atoms with E-state index in [1.54, 1.807) is 23.1 Å². The first-order valence-corrected chi connectivity index (χ1v) is 9.82. The molecule has 1 aliphatic rings. The summed E-state index contributed by atoms with van der Waals surface area (Å²) in [6.07, 6.45) is 0.708. The van der Waals surface area contributed by atoms with Crippen LogP contribution < -0.4 is 4.74 Å². The van der Waals surface area contributed by atoms with E-state index in [9.17, 15) is 4.79 Å². The first kappa shape index (κ1) is 19.1. The lowest BCUT2D eigenvalue weighted by atomic mass is 10.0. The van der Waals surface area contributed by atoms with Gasteiger partial charge in [0.15, 0.2) is 6.61 Å². The zero-order valence-electron chi connectivity index (χ0n) is 14.7. The van der Waals surface area contributed by atoms with E-state index in [1.165, 1.54) is 0 Å². The summed E-state index contributed by atoms with van der Waals surface area (Å²) >= 11 is 18.0. The number of benzene rings is 2. The van der Waals surface area contributed by atoms with Gasteiger partial charge in [-0.15, -0.1) is 0 Å². The topological polar surface area (TPSA) is 58.2 Å². The summed E-state index contributed by atoms with van der Waals surface area (Å²) in [6.45, 7) is 0.958. The molecule has 0 fully saturated rings. The molecule has 8 heteroatoms. The highest BCUT2D eigenvalue weighted by Crippen LogP contribution is 2.30. The summed E-state index contributed by atoms with van der Waals surface area (Å²) in [4.78, 5) is 14.4. The molecule has 0 radical (unpaired) electrons. The maximum absolute atomic E-state index is 12.7. The molecule has 0 atom stereocenters. The molecule has 0 spiro atoms. The van der Waals surface area contributed by atoms with E-state index in [4.69, 9.17) is 39.5 Å². The number of rotatable bonds is 4. The van der Waals surface area contributed by atoms with Gasteiger partial charge >= 0.3 is 0 Å². The highest BCUT2D eigenvalue weighted by Gasteiger charge is 2.26. The SMILES string of the molecule is O=C(COc1cc(Cl)ccc1Cl)N1CCc2[nH]nc(-c3ccc(Cl)cc3)c2C1. The summed E-state index contributed by atoms with van der Waals surface area (Å²) in [5.41, 5.74) is 3.86. The van der Waals surface area contributed by atoms with Crippen molar-refractivity contribution in [3.8, 4) is 17.0 Å². The van der Waals surface area contributed by atoms with E-state index in [0.29, 0.717) is 40.3 Å². The Hall–Kier alpha value is -2.21. The number of halogens is 3. The maximum Gasteiger partial charge on any atom is 0.260 e. The molecule has 1 aliphatic heterocycles. The highest BCUT2D eigenvalue weighted by atomic mass is 35.5. The minimum Gasteiger partial charge on any atom is -0.482 e. The van der Waals surface area contributed by atoms with Crippen molar-refractivity contribution in [2.45, 2.75) is 13.0 Å². The molecule has 2 heterocycles. The Kier molecular flexibility index (Phi) is 5.49. The smallest absolute Gasteiger partial charge is 0.260 e. The highest BCUT2D eigenvalue weighted by molar-refractivity contribution is 6.34. The van der Waals surface area contributed by atoms with Crippen molar-refractivity contribution >= 4 is 40.7 Å². The first-order chi connectivity index (χ1) is 13.5. The van der Waals surface area contributed by atoms with Gasteiger partial charge in [-0.05, 0) is 24.3 Å². The van der Waals surface area contributed by atoms with Gasteiger partial charge in [-0.25, -0.2) is 0 Å². The van der Waals surface area contributed by atoms with Crippen molar-refractivity contribution in [1.29, 1.82) is 0 Å². The summed E-state index contributed by atoms with van der Waals surface area (Å²) < 4.78 is 5.58. The second-order valence-corrected chi connectivity index (χ2v) is 7.74. The molecule has 0 aliphatic carbocycles. The van der Waals surface area contributed by atoms with Crippen LogP contribution in [0.1, 0.15) is 11.3 Å². The van der Waals surface area contributed by atoms with Crippen LogP contribution in [0.3, 0.4) is 0 Å². The first-order valence-electron chi connectivity index (χ1n) is 8.69. The number of nitrogens with zero attached hydrogens (tertiary/aromatic N) is 2. The molecule has 4 rings (SSSR count). The Morgan fingerprint density at radius 2 is 1.86 bits per heavy atom. The number of H-pyrrole nitrogens is 1. The number of hydrogen-bond donors (Lipinski definition) is 1. The fourth-order valence-corrected chi connectivity index (χ4v) is 3.63. The van der Waals surface area contributed by atoms with E-state index in [-0.39, 0.29) is 12.5 Å². The second kappa shape index (κ2) is 8.03. The normalized spacial score (nSPS) is 13.3. The Balaban J connectivity index is 1.47. The van der Waals surface area contributed by atoms with E-state index in [0.717, 1.165) is 22.5 Å². The Labute approximate surface area is 177 Å². The molecule has 0 saturated carbocycles. The number of ether oxygens (including phenoxy) is 1. The Morgan fingerprint density at radius 3 is 2.64 bits per heavy atom. The lowest BCUT2D eigenvalue weighted by Crippen LogP contribution is -2.38. The standard InChI is InChI=1S/C20H16Cl3N3O2/c21-13-3-1-12(2-4-13)20-15-10-26(8-7-17(15)24-25-20)19(27)11-28-18-9-14(22)5-6-16(18)23/h1-6,9H,7-8,10-11H2,(H,24,25). The molecular formula is C20H16Cl3N3O2. The molecule has 5 nitrogen and oxygen atoms in total. The summed E-state index contributed by atoms with van der Waals surface area (Å²) in [7, 11) is 0. The molecule has 1 amide bonds. The third-order valence-corrected chi connectivity index (χ3v) is 5.45. The monoisotopic (exact) mass is 435 g/mol. The van der Waals surface area contributed by atoms with Gasteiger partial charge in [0.05, 0.1) is 10.7 Å². The summed E-state index contributed by atoms with van der Waals surface area (Å²) in [5.74, 6) is 0.273. The largest absolute Gasteiger partial charge is 0.482 e. The molecule has 2 aromatic carbocycles. The van der Waals surface area contributed by atoms with Crippen molar-refractivity contribution in [3.05, 3.63) is 68.8 Å². The molecule has 144 valence electrons. The zero-order valence-corrected chi connectivity index (χ0v) is 17.0. The number of amides is 1. The van der Waals surface area contributed by atoms with Crippen molar-refractivity contribution < 1.29 is 9.53 Å². The van der Waals surface area contributed by atoms with Crippen molar-refractivity contribution in [1.82, 2.24) is 15.1 Å². The number of aromatic nitrogens is 2. The number of carbonyl (C=O) groups is 1. The van der Waals surface area contributed by atoms with E-state index in [2.05, 4.69) is 10.2 Å². The summed E-state index contributed by atoms with van der Waals surface area (Å²) in [6, 6.07) is 12.4. The Morgan fingerprint density at radius 1 is 1.11 bits per heavy atom. The molecule has 0 bridgehead atoms. The van der Waals surface area contributed by atoms with Crippen LogP contribution in [0.5, 0.6) is 5.75 Å². The predicted octanol–water partition coefficient (Wildman–Crippen LogP) is 5.00. The lowest BCUT2D eigenvalue weighted by molar-refractivity contribution is -0.134. The van der Waals surface area contributed by atoms with Crippen molar-refractivity contribution in [2.24, 2.45) is 0 Å². The van der Waals surface area contributed by atoms with Crippen molar-refractivity contribution in [2.75, 3.05) is 13.2 Å². The van der Waals surface area contributed by atoms with E-state index < -0.39 is 0 Å². The van der Waals surface area contributed by atoms with Crippen LogP contribution in [0, 0.1) is 0 Å². The van der Waals surface area contributed by atoms with Gasteiger partial charge in [0.2, 0.25) is 0 Å². The average Bonchev–Trinajstić information content (AvgIpc) is 3.12. The molecule has 28 heavy (non-hydrogen) atoms. The quantitative estimate of drug-likeness (QED) is 0.626. The number of carbonyl (C=O) groups excluding carboxylic acids is 1.